The second kappa shape index (κ2) is 14.0. The first-order chi connectivity index (χ1) is 14.7. The molecule has 0 spiro atoms. The van der Waals surface area contributed by atoms with Gasteiger partial charge in [-0.2, -0.15) is 0 Å². The lowest BCUT2D eigenvalue weighted by molar-refractivity contribution is -0.140. The largest absolute Gasteiger partial charge is 0.469 e. The van der Waals surface area contributed by atoms with Crippen molar-refractivity contribution >= 4 is 56.9 Å². The number of carbonyl (C=O) groups excluding carboxylic acids is 4. The zero-order chi connectivity index (χ0) is 23.4. The topological polar surface area (TPSA) is 114 Å². The Kier molecular flexibility index (Phi) is 12.2. The van der Waals surface area contributed by atoms with Crippen LogP contribution in [0.5, 0.6) is 0 Å². The first-order valence-corrected chi connectivity index (χ1v) is 11.6. The van der Waals surface area contributed by atoms with Gasteiger partial charge in [-0.25, -0.2) is 0 Å². The van der Waals surface area contributed by atoms with Gasteiger partial charge in [-0.1, -0.05) is 22.0 Å². The van der Waals surface area contributed by atoms with E-state index in [4.69, 9.17) is 11.6 Å². The van der Waals surface area contributed by atoms with Gasteiger partial charge in [0.2, 0.25) is 17.7 Å². The Labute approximate surface area is 195 Å². The molecule has 1 aromatic carbocycles. The highest BCUT2D eigenvalue weighted by atomic mass is 79.9. The van der Waals surface area contributed by atoms with Crippen LogP contribution in [0.1, 0.15) is 50.7 Å². The van der Waals surface area contributed by atoms with Crippen LogP contribution in [0.15, 0.2) is 18.2 Å². The van der Waals surface area contributed by atoms with E-state index < -0.39 is 18.0 Å². The highest BCUT2D eigenvalue weighted by Crippen LogP contribution is 2.19. The van der Waals surface area contributed by atoms with Crippen molar-refractivity contribution < 1.29 is 23.9 Å². The third kappa shape index (κ3) is 10.1. The summed E-state index contributed by atoms with van der Waals surface area (Å²) >= 11 is 9.27. The summed E-state index contributed by atoms with van der Waals surface area (Å²) in [5.41, 5.74) is 2.42. The Balaban J connectivity index is 2.48. The molecule has 10 heteroatoms. The Bertz CT molecular complexity index is 768. The van der Waals surface area contributed by atoms with Gasteiger partial charge in [0.05, 0.1) is 7.11 Å². The zero-order valence-electron chi connectivity index (χ0n) is 17.9. The van der Waals surface area contributed by atoms with Gasteiger partial charge in [0.25, 0.3) is 0 Å². The van der Waals surface area contributed by atoms with Crippen LogP contribution in [0, 0.1) is 0 Å². The molecule has 8 nitrogen and oxygen atoms in total. The van der Waals surface area contributed by atoms with Gasteiger partial charge in [-0.15, -0.1) is 11.6 Å². The predicted octanol–water partition coefficient (Wildman–Crippen LogP) is 3.00. The molecule has 0 aliphatic heterocycles. The minimum Gasteiger partial charge on any atom is -0.469 e. The van der Waals surface area contributed by atoms with E-state index in [0.717, 1.165) is 11.1 Å². The van der Waals surface area contributed by atoms with E-state index in [0.29, 0.717) is 29.7 Å². The summed E-state index contributed by atoms with van der Waals surface area (Å²) in [4.78, 5) is 47.8. The molecule has 1 aromatic rings. The van der Waals surface area contributed by atoms with E-state index in [2.05, 4.69) is 36.6 Å². The summed E-state index contributed by atoms with van der Waals surface area (Å²) in [5, 5.41) is 8.56. The second-order valence-electron chi connectivity index (χ2n) is 7.10. The number of hydrogen-bond acceptors (Lipinski definition) is 5. The number of benzene rings is 1. The third-order valence-corrected chi connectivity index (χ3v) is 5.37. The molecule has 0 aromatic heterocycles. The maximum atomic E-state index is 12.5. The van der Waals surface area contributed by atoms with Crippen molar-refractivity contribution in [3.63, 3.8) is 0 Å². The number of hydrogen-bond donors (Lipinski definition) is 3. The quantitative estimate of drug-likeness (QED) is 0.224. The van der Waals surface area contributed by atoms with E-state index in [9.17, 15) is 19.2 Å². The van der Waals surface area contributed by atoms with Crippen molar-refractivity contribution in [3.05, 3.63) is 29.3 Å². The minimum atomic E-state index is -0.806. The molecule has 1 rings (SSSR count). The molecule has 0 radical (unpaired) electrons. The lowest BCUT2D eigenvalue weighted by Crippen LogP contribution is -2.50. The van der Waals surface area contributed by atoms with E-state index in [1.54, 1.807) is 19.9 Å². The Morgan fingerprint density at radius 1 is 0.968 bits per heavy atom. The summed E-state index contributed by atoms with van der Waals surface area (Å²) in [6, 6.07) is 3.92. The van der Waals surface area contributed by atoms with E-state index in [-0.39, 0.29) is 30.6 Å². The van der Waals surface area contributed by atoms with Crippen LogP contribution in [0.2, 0.25) is 0 Å². The fraction of sp³-hybridized carbons (Fsp3) is 0.524. The smallest absolute Gasteiger partial charge is 0.305 e. The third-order valence-electron chi connectivity index (χ3n) is 4.41. The average Bonchev–Trinajstić information content (AvgIpc) is 2.75. The molecule has 31 heavy (non-hydrogen) atoms. The Hall–Kier alpha value is -2.13. The van der Waals surface area contributed by atoms with Crippen LogP contribution in [0.3, 0.4) is 0 Å². The summed E-state index contributed by atoms with van der Waals surface area (Å²) in [6.45, 7) is 3.10. The molecule has 0 aliphatic carbocycles. The van der Waals surface area contributed by atoms with Crippen LogP contribution in [-0.4, -0.2) is 42.9 Å². The summed E-state index contributed by atoms with van der Waals surface area (Å²) < 4.78 is 4.54. The van der Waals surface area contributed by atoms with Crippen LogP contribution in [0.25, 0.3) is 0 Å². The molecule has 0 fully saturated rings. The first kappa shape index (κ1) is 26.9. The molecule has 3 amide bonds. The standard InChI is InChI=1S/C21H29BrClN3O5/c1-13(24-18(27)6-4-5-7-19(28)31-3)20(29)25-14(2)21(30)26-17-9-15(11-22)8-16(10-17)12-23/h8-10,13-14H,4-7,11-12H2,1-3H3,(H,24,27)(H,25,29)(H,26,30)/t13-,14?/m0/s1. The van der Waals surface area contributed by atoms with Crippen LogP contribution >= 0.6 is 27.5 Å². The fourth-order valence-corrected chi connectivity index (χ4v) is 3.16. The number of unbranched alkanes of at least 4 members (excludes halogenated alkanes) is 1. The summed E-state index contributed by atoms with van der Waals surface area (Å²) in [6.07, 6.45) is 1.47. The van der Waals surface area contributed by atoms with E-state index in [1.165, 1.54) is 7.11 Å². The number of ether oxygens (including phenoxy) is 1. The highest BCUT2D eigenvalue weighted by Gasteiger charge is 2.21. The van der Waals surface area contributed by atoms with Crippen molar-refractivity contribution in [1.82, 2.24) is 10.6 Å². The van der Waals surface area contributed by atoms with Crippen molar-refractivity contribution in [2.24, 2.45) is 0 Å². The summed E-state index contributed by atoms with van der Waals surface area (Å²) in [7, 11) is 1.31. The van der Waals surface area contributed by atoms with Crippen molar-refractivity contribution in [2.75, 3.05) is 12.4 Å². The van der Waals surface area contributed by atoms with Gasteiger partial charge >= 0.3 is 5.97 Å². The first-order valence-electron chi connectivity index (χ1n) is 9.92. The van der Waals surface area contributed by atoms with Gasteiger partial charge in [-0.05, 0) is 49.9 Å². The molecule has 2 atom stereocenters. The lowest BCUT2D eigenvalue weighted by atomic mass is 10.1. The van der Waals surface area contributed by atoms with E-state index >= 15 is 0 Å². The molecule has 0 bridgehead atoms. The number of esters is 1. The van der Waals surface area contributed by atoms with Gasteiger partial charge in [-0.3, -0.25) is 19.2 Å². The number of nitrogens with one attached hydrogen (secondary N) is 3. The molecule has 1 unspecified atom stereocenters. The predicted molar refractivity (Wildman–Crippen MR) is 123 cm³/mol. The number of halogens is 2. The maximum absolute atomic E-state index is 12.5. The monoisotopic (exact) mass is 517 g/mol. The van der Waals surface area contributed by atoms with Crippen LogP contribution in [0.4, 0.5) is 5.69 Å². The second-order valence-corrected chi connectivity index (χ2v) is 7.93. The van der Waals surface area contributed by atoms with Crippen molar-refractivity contribution in [3.8, 4) is 0 Å². The minimum absolute atomic E-state index is 0.192. The number of rotatable bonds is 12. The molecule has 0 aliphatic rings. The van der Waals surface area contributed by atoms with Gasteiger partial charge in [0, 0.05) is 29.7 Å². The molecule has 172 valence electrons. The number of anilines is 1. The number of methoxy groups -OCH3 is 1. The molecule has 0 saturated carbocycles. The number of carbonyl (C=O) groups is 4. The summed E-state index contributed by atoms with van der Waals surface area (Å²) in [5.74, 6) is -1.17. The SMILES string of the molecule is COC(=O)CCCCC(=O)N[C@@H](C)C(=O)NC(C)C(=O)Nc1cc(CCl)cc(CBr)c1. The van der Waals surface area contributed by atoms with Crippen LogP contribution in [-0.2, 0) is 35.1 Å². The van der Waals surface area contributed by atoms with Crippen molar-refractivity contribution in [2.45, 2.75) is 62.8 Å². The van der Waals surface area contributed by atoms with Crippen LogP contribution < -0.4 is 16.0 Å². The number of amides is 3. The highest BCUT2D eigenvalue weighted by molar-refractivity contribution is 9.08. The Morgan fingerprint density at radius 2 is 1.58 bits per heavy atom. The van der Waals surface area contributed by atoms with Gasteiger partial charge < -0.3 is 20.7 Å². The fourth-order valence-electron chi connectivity index (χ4n) is 2.68. The lowest BCUT2D eigenvalue weighted by Gasteiger charge is -2.19. The van der Waals surface area contributed by atoms with Gasteiger partial charge in [0.15, 0.2) is 0 Å². The van der Waals surface area contributed by atoms with Crippen molar-refractivity contribution in [1.29, 1.82) is 0 Å². The normalized spacial score (nSPS) is 12.4. The molecule has 3 N–H and O–H groups in total. The zero-order valence-corrected chi connectivity index (χ0v) is 20.3. The molecule has 0 saturated heterocycles. The molecular formula is C21H29BrClN3O5. The molecular weight excluding hydrogens is 490 g/mol. The van der Waals surface area contributed by atoms with E-state index in [1.807, 2.05) is 12.1 Å². The molecule has 0 heterocycles. The average molecular weight is 519 g/mol. The number of alkyl halides is 2. The maximum Gasteiger partial charge on any atom is 0.305 e. The Morgan fingerprint density at radius 3 is 2.19 bits per heavy atom. The van der Waals surface area contributed by atoms with Gasteiger partial charge in [0.1, 0.15) is 12.1 Å².